The molecule has 4 heteroatoms. The van der Waals surface area contributed by atoms with Crippen molar-refractivity contribution in [2.45, 2.75) is 6.04 Å². The molecule has 0 bridgehead atoms. The number of aromatic hydroxyl groups is 1. The highest BCUT2D eigenvalue weighted by Gasteiger charge is 2.33. The van der Waals surface area contributed by atoms with Crippen molar-refractivity contribution >= 4 is 5.69 Å². The van der Waals surface area contributed by atoms with Crippen LogP contribution in [0.3, 0.4) is 0 Å². The van der Waals surface area contributed by atoms with E-state index in [1.54, 1.807) is 26.4 Å². The van der Waals surface area contributed by atoms with Crippen LogP contribution in [0.25, 0.3) is 0 Å². The molecular formula is C18H19NO3. The quantitative estimate of drug-likeness (QED) is 0.877. The Bertz CT molecular complexity index is 694. The number of ether oxygens (including phenoxy) is 2. The molecule has 0 spiro atoms. The fraction of sp³-hybridized carbons (Fsp3) is 0.222. The molecule has 0 aliphatic carbocycles. The van der Waals surface area contributed by atoms with Gasteiger partial charge >= 0.3 is 0 Å². The predicted molar refractivity (Wildman–Crippen MR) is 86.9 cm³/mol. The van der Waals surface area contributed by atoms with Gasteiger partial charge in [-0.1, -0.05) is 12.6 Å². The molecule has 0 saturated carbocycles. The fourth-order valence-electron chi connectivity index (χ4n) is 2.81. The lowest BCUT2D eigenvalue weighted by Crippen LogP contribution is -2.43. The van der Waals surface area contributed by atoms with E-state index < -0.39 is 0 Å². The number of nitrogens with zero attached hydrogens (tertiary/aromatic N) is 1. The van der Waals surface area contributed by atoms with Crippen LogP contribution in [0.15, 0.2) is 54.6 Å². The second-order valence-corrected chi connectivity index (χ2v) is 5.32. The summed E-state index contributed by atoms with van der Waals surface area (Å²) in [5, 5.41) is 9.98. The summed E-state index contributed by atoms with van der Waals surface area (Å²) in [7, 11) is 3.20. The van der Waals surface area contributed by atoms with Crippen molar-refractivity contribution in [3.63, 3.8) is 0 Å². The van der Waals surface area contributed by atoms with Crippen LogP contribution in [-0.4, -0.2) is 25.9 Å². The molecular weight excluding hydrogens is 278 g/mol. The van der Waals surface area contributed by atoms with Crippen molar-refractivity contribution in [3.05, 3.63) is 60.2 Å². The molecule has 4 nitrogen and oxygen atoms in total. The topological polar surface area (TPSA) is 41.9 Å². The molecule has 1 saturated heterocycles. The summed E-state index contributed by atoms with van der Waals surface area (Å²) in [6.45, 7) is 4.93. The summed E-state index contributed by atoms with van der Waals surface area (Å²) < 4.78 is 10.3. The summed E-state index contributed by atoms with van der Waals surface area (Å²) in [6, 6.07) is 13.5. The minimum absolute atomic E-state index is 0.0743. The normalized spacial score (nSPS) is 17.1. The molecule has 1 atom stereocenters. The lowest BCUT2D eigenvalue weighted by Gasteiger charge is -2.45. The Labute approximate surface area is 130 Å². The van der Waals surface area contributed by atoms with Crippen LogP contribution < -0.4 is 14.4 Å². The van der Waals surface area contributed by atoms with Gasteiger partial charge in [-0.05, 0) is 47.5 Å². The molecule has 0 aromatic heterocycles. The predicted octanol–water partition coefficient (Wildman–Crippen LogP) is 3.53. The number of anilines is 1. The standard InChI is InChI=1S/C18H19NO3/c1-12-11-19(14-5-7-15(21-2)8-6-14)18(12)13-4-9-17(22-3)16(20)10-13/h4-10,18,20H,1,11H2,2-3H3/t18-/m1/s1. The van der Waals surface area contributed by atoms with Gasteiger partial charge in [0.15, 0.2) is 11.5 Å². The van der Waals surface area contributed by atoms with Crippen molar-refractivity contribution in [3.8, 4) is 17.2 Å². The highest BCUT2D eigenvalue weighted by atomic mass is 16.5. The van der Waals surface area contributed by atoms with Gasteiger partial charge < -0.3 is 19.5 Å². The van der Waals surface area contributed by atoms with E-state index in [1.165, 1.54) is 0 Å². The average molecular weight is 297 g/mol. The van der Waals surface area contributed by atoms with E-state index in [1.807, 2.05) is 30.3 Å². The van der Waals surface area contributed by atoms with E-state index in [9.17, 15) is 5.11 Å². The second kappa shape index (κ2) is 5.64. The van der Waals surface area contributed by atoms with Crippen molar-refractivity contribution in [1.82, 2.24) is 0 Å². The highest BCUT2D eigenvalue weighted by Crippen LogP contribution is 2.43. The molecule has 1 N–H and O–H groups in total. The smallest absolute Gasteiger partial charge is 0.160 e. The Hall–Kier alpha value is -2.62. The molecule has 1 aliphatic rings. The molecule has 114 valence electrons. The monoisotopic (exact) mass is 297 g/mol. The van der Waals surface area contributed by atoms with E-state index in [2.05, 4.69) is 11.5 Å². The summed E-state index contributed by atoms with van der Waals surface area (Å²) in [4.78, 5) is 2.24. The van der Waals surface area contributed by atoms with Gasteiger partial charge in [-0.15, -0.1) is 0 Å². The Balaban J connectivity index is 1.88. The molecule has 1 aliphatic heterocycles. The number of benzene rings is 2. The summed E-state index contributed by atoms with van der Waals surface area (Å²) >= 11 is 0. The number of methoxy groups -OCH3 is 2. The van der Waals surface area contributed by atoms with Gasteiger partial charge in [0, 0.05) is 12.2 Å². The van der Waals surface area contributed by atoms with Crippen LogP contribution in [0.1, 0.15) is 11.6 Å². The second-order valence-electron chi connectivity index (χ2n) is 5.32. The largest absolute Gasteiger partial charge is 0.504 e. The lowest BCUT2D eigenvalue weighted by molar-refractivity contribution is 0.372. The Morgan fingerprint density at radius 1 is 1.09 bits per heavy atom. The van der Waals surface area contributed by atoms with Crippen molar-refractivity contribution < 1.29 is 14.6 Å². The van der Waals surface area contributed by atoms with Gasteiger partial charge in [-0.2, -0.15) is 0 Å². The van der Waals surface area contributed by atoms with Gasteiger partial charge in [-0.3, -0.25) is 0 Å². The van der Waals surface area contributed by atoms with Gasteiger partial charge in [-0.25, -0.2) is 0 Å². The van der Waals surface area contributed by atoms with Crippen LogP contribution in [0.4, 0.5) is 5.69 Å². The molecule has 22 heavy (non-hydrogen) atoms. The molecule has 0 amide bonds. The average Bonchev–Trinajstić information content (AvgIpc) is 2.53. The molecule has 0 radical (unpaired) electrons. The number of rotatable bonds is 4. The van der Waals surface area contributed by atoms with Crippen molar-refractivity contribution in [1.29, 1.82) is 0 Å². The molecule has 2 aromatic rings. The molecule has 1 fully saturated rings. The van der Waals surface area contributed by atoms with Crippen LogP contribution in [0.2, 0.25) is 0 Å². The number of phenolic OH excluding ortho intramolecular Hbond substituents is 1. The summed E-state index contributed by atoms with van der Waals surface area (Å²) in [5.41, 5.74) is 3.24. The first-order valence-electron chi connectivity index (χ1n) is 7.09. The van der Waals surface area contributed by atoms with E-state index in [0.29, 0.717) is 5.75 Å². The van der Waals surface area contributed by atoms with Crippen molar-refractivity contribution in [2.24, 2.45) is 0 Å². The van der Waals surface area contributed by atoms with E-state index in [-0.39, 0.29) is 11.8 Å². The Morgan fingerprint density at radius 3 is 2.36 bits per heavy atom. The van der Waals surface area contributed by atoms with Gasteiger partial charge in [0.05, 0.1) is 20.3 Å². The molecule has 3 rings (SSSR count). The van der Waals surface area contributed by atoms with Crippen LogP contribution in [-0.2, 0) is 0 Å². The zero-order chi connectivity index (χ0) is 15.7. The van der Waals surface area contributed by atoms with Crippen molar-refractivity contribution in [2.75, 3.05) is 25.7 Å². The van der Waals surface area contributed by atoms with Gasteiger partial charge in [0.1, 0.15) is 5.75 Å². The minimum Gasteiger partial charge on any atom is -0.504 e. The van der Waals surface area contributed by atoms with Gasteiger partial charge in [0.25, 0.3) is 0 Å². The first-order valence-corrected chi connectivity index (χ1v) is 7.09. The SMILES string of the molecule is C=C1CN(c2ccc(OC)cc2)[C@H]1c1ccc(OC)c(O)c1. The van der Waals surface area contributed by atoms with Crippen LogP contribution >= 0.6 is 0 Å². The van der Waals surface area contributed by atoms with Gasteiger partial charge in [0.2, 0.25) is 0 Å². The maximum Gasteiger partial charge on any atom is 0.160 e. The zero-order valence-corrected chi connectivity index (χ0v) is 12.7. The number of hydrogen-bond donors (Lipinski definition) is 1. The van der Waals surface area contributed by atoms with Crippen LogP contribution in [0, 0.1) is 0 Å². The van der Waals surface area contributed by atoms with E-state index in [4.69, 9.17) is 9.47 Å². The zero-order valence-electron chi connectivity index (χ0n) is 12.7. The molecule has 1 heterocycles. The maximum absolute atomic E-state index is 9.98. The third-order valence-electron chi connectivity index (χ3n) is 3.99. The summed E-state index contributed by atoms with van der Waals surface area (Å²) in [5.74, 6) is 1.46. The molecule has 2 aromatic carbocycles. The molecule has 0 unspecified atom stereocenters. The maximum atomic E-state index is 9.98. The number of phenols is 1. The van der Waals surface area contributed by atoms with Crippen LogP contribution in [0.5, 0.6) is 17.2 Å². The Kier molecular flexibility index (Phi) is 3.67. The fourth-order valence-corrected chi connectivity index (χ4v) is 2.81. The third-order valence-corrected chi connectivity index (χ3v) is 3.99. The van der Waals surface area contributed by atoms with E-state index >= 15 is 0 Å². The lowest BCUT2D eigenvalue weighted by atomic mass is 9.89. The summed E-state index contributed by atoms with van der Waals surface area (Å²) in [6.07, 6.45) is 0. The first kappa shape index (κ1) is 14.3. The number of hydrogen-bond acceptors (Lipinski definition) is 4. The highest BCUT2D eigenvalue weighted by molar-refractivity contribution is 5.60. The third kappa shape index (κ3) is 2.37. The minimum atomic E-state index is 0.0743. The Morgan fingerprint density at radius 2 is 1.82 bits per heavy atom. The first-order chi connectivity index (χ1) is 10.6. The van der Waals surface area contributed by atoms with E-state index in [0.717, 1.165) is 29.1 Å².